The molecule has 6 heteroatoms. The molecule has 0 unspecified atom stereocenters. The molecule has 0 aromatic heterocycles. The van der Waals surface area contributed by atoms with Gasteiger partial charge in [-0.25, -0.2) is 4.79 Å². The van der Waals surface area contributed by atoms with Crippen LogP contribution in [0.5, 0.6) is 5.75 Å². The summed E-state index contributed by atoms with van der Waals surface area (Å²) >= 11 is 0. The zero-order valence-electron chi connectivity index (χ0n) is 13.2. The van der Waals surface area contributed by atoms with Gasteiger partial charge in [-0.2, -0.15) is 8.42 Å². The van der Waals surface area contributed by atoms with Crippen LogP contribution >= 0.6 is 0 Å². The summed E-state index contributed by atoms with van der Waals surface area (Å²) in [5.74, 6) is -0.202. The van der Waals surface area contributed by atoms with Gasteiger partial charge in [0, 0.05) is 0 Å². The summed E-state index contributed by atoms with van der Waals surface area (Å²) in [5.41, 5.74) is 1.99. The lowest BCUT2D eigenvalue weighted by molar-refractivity contribution is 0.0526. The first-order valence-electron chi connectivity index (χ1n) is 7.13. The third-order valence-electron chi connectivity index (χ3n) is 3.41. The molecule has 2 rings (SSSR count). The Bertz CT molecular complexity index is 807. The normalized spacial score (nSPS) is 11.1. The van der Waals surface area contributed by atoms with E-state index in [1.807, 2.05) is 13.0 Å². The van der Waals surface area contributed by atoms with Crippen molar-refractivity contribution in [3.8, 4) is 5.75 Å². The number of hydrogen-bond donors (Lipinski definition) is 0. The number of rotatable bonds is 5. The number of ether oxygens (including phenoxy) is 1. The zero-order chi connectivity index (χ0) is 17.0. The van der Waals surface area contributed by atoms with E-state index < -0.39 is 16.1 Å². The van der Waals surface area contributed by atoms with Crippen LogP contribution < -0.4 is 4.18 Å². The maximum atomic E-state index is 12.3. The van der Waals surface area contributed by atoms with Gasteiger partial charge in [0.1, 0.15) is 10.6 Å². The summed E-state index contributed by atoms with van der Waals surface area (Å²) in [5, 5.41) is 0. The van der Waals surface area contributed by atoms with E-state index in [1.54, 1.807) is 26.0 Å². The molecule has 0 atom stereocenters. The highest BCUT2D eigenvalue weighted by molar-refractivity contribution is 7.87. The van der Waals surface area contributed by atoms with Crippen molar-refractivity contribution in [2.45, 2.75) is 25.7 Å². The molecular formula is C17H18O5S. The molecule has 0 aliphatic rings. The summed E-state index contributed by atoms with van der Waals surface area (Å²) in [6.07, 6.45) is 0. The van der Waals surface area contributed by atoms with Gasteiger partial charge in [-0.05, 0) is 62.2 Å². The van der Waals surface area contributed by atoms with Crippen LogP contribution in [0.4, 0.5) is 0 Å². The van der Waals surface area contributed by atoms with Crippen LogP contribution in [0, 0.1) is 13.8 Å². The Morgan fingerprint density at radius 2 is 1.70 bits per heavy atom. The van der Waals surface area contributed by atoms with E-state index in [0.29, 0.717) is 5.75 Å². The lowest BCUT2D eigenvalue weighted by Crippen LogP contribution is -2.11. The summed E-state index contributed by atoms with van der Waals surface area (Å²) in [7, 11) is -3.96. The highest BCUT2D eigenvalue weighted by atomic mass is 32.2. The van der Waals surface area contributed by atoms with Crippen molar-refractivity contribution >= 4 is 16.1 Å². The van der Waals surface area contributed by atoms with Crippen molar-refractivity contribution in [1.29, 1.82) is 0 Å². The molecule has 5 nitrogen and oxygen atoms in total. The van der Waals surface area contributed by atoms with Crippen LogP contribution in [-0.4, -0.2) is 21.0 Å². The molecule has 0 saturated heterocycles. The molecule has 0 aliphatic heterocycles. The van der Waals surface area contributed by atoms with Gasteiger partial charge in [0.25, 0.3) is 0 Å². The predicted molar refractivity (Wildman–Crippen MR) is 86.1 cm³/mol. The predicted octanol–water partition coefficient (Wildman–Crippen LogP) is 3.25. The van der Waals surface area contributed by atoms with Gasteiger partial charge < -0.3 is 8.92 Å². The minimum absolute atomic E-state index is 0.0218. The second kappa shape index (κ2) is 6.83. The van der Waals surface area contributed by atoms with E-state index in [0.717, 1.165) is 11.1 Å². The number of esters is 1. The Hall–Kier alpha value is -2.34. The van der Waals surface area contributed by atoms with Crippen LogP contribution in [-0.2, 0) is 14.9 Å². The second-order valence-electron chi connectivity index (χ2n) is 4.98. The Morgan fingerprint density at radius 1 is 1.04 bits per heavy atom. The summed E-state index contributed by atoms with van der Waals surface area (Å²) in [6.45, 7) is 5.64. The molecule has 0 N–H and O–H groups in total. The Kier molecular flexibility index (Phi) is 5.05. The summed E-state index contributed by atoms with van der Waals surface area (Å²) in [4.78, 5) is 11.6. The highest BCUT2D eigenvalue weighted by Gasteiger charge is 2.19. The van der Waals surface area contributed by atoms with Crippen molar-refractivity contribution in [2.75, 3.05) is 6.61 Å². The molecule has 0 fully saturated rings. The van der Waals surface area contributed by atoms with Crippen LogP contribution in [0.15, 0.2) is 47.4 Å². The molecule has 23 heavy (non-hydrogen) atoms. The summed E-state index contributed by atoms with van der Waals surface area (Å²) in [6, 6.07) is 10.7. The number of carbonyl (C=O) groups excluding carboxylic acids is 1. The zero-order valence-corrected chi connectivity index (χ0v) is 14.0. The molecule has 0 heterocycles. The maximum absolute atomic E-state index is 12.3. The molecule has 0 radical (unpaired) electrons. The average Bonchev–Trinajstić information content (AvgIpc) is 2.52. The Labute approximate surface area is 136 Å². The fourth-order valence-corrected chi connectivity index (χ4v) is 2.94. The monoisotopic (exact) mass is 334 g/mol. The molecule has 122 valence electrons. The number of hydrogen-bond acceptors (Lipinski definition) is 5. The number of aryl methyl sites for hydroxylation is 1. The van der Waals surface area contributed by atoms with E-state index in [2.05, 4.69) is 0 Å². The Balaban J connectivity index is 2.26. The first kappa shape index (κ1) is 17.0. The molecule has 0 saturated carbocycles. The van der Waals surface area contributed by atoms with Gasteiger partial charge >= 0.3 is 16.1 Å². The van der Waals surface area contributed by atoms with Crippen molar-refractivity contribution < 1.29 is 22.1 Å². The lowest BCUT2D eigenvalue weighted by atomic mass is 10.1. The maximum Gasteiger partial charge on any atom is 0.339 e. The molecular weight excluding hydrogens is 316 g/mol. The third-order valence-corrected chi connectivity index (χ3v) is 4.66. The van der Waals surface area contributed by atoms with E-state index in [1.165, 1.54) is 24.3 Å². The average molecular weight is 334 g/mol. The van der Waals surface area contributed by atoms with E-state index in [9.17, 15) is 13.2 Å². The summed E-state index contributed by atoms with van der Waals surface area (Å²) < 4.78 is 34.7. The second-order valence-corrected chi connectivity index (χ2v) is 6.53. The minimum Gasteiger partial charge on any atom is -0.462 e. The minimum atomic E-state index is -3.96. The first-order valence-corrected chi connectivity index (χ1v) is 8.54. The Morgan fingerprint density at radius 3 is 2.30 bits per heavy atom. The van der Waals surface area contributed by atoms with Crippen LogP contribution in [0.2, 0.25) is 0 Å². The topological polar surface area (TPSA) is 69.7 Å². The fraction of sp³-hybridized carbons (Fsp3) is 0.235. The third kappa shape index (κ3) is 3.90. The van der Waals surface area contributed by atoms with E-state index >= 15 is 0 Å². The largest absolute Gasteiger partial charge is 0.462 e. The molecule has 2 aromatic carbocycles. The fourth-order valence-electron chi connectivity index (χ4n) is 1.95. The van der Waals surface area contributed by atoms with Crippen molar-refractivity contribution in [3.63, 3.8) is 0 Å². The molecule has 2 aromatic rings. The van der Waals surface area contributed by atoms with Crippen LogP contribution in [0.1, 0.15) is 28.4 Å². The van der Waals surface area contributed by atoms with Crippen molar-refractivity contribution in [3.05, 3.63) is 59.2 Å². The van der Waals surface area contributed by atoms with Gasteiger partial charge in [-0.15, -0.1) is 0 Å². The molecule has 0 aliphatic carbocycles. The number of benzene rings is 2. The van der Waals surface area contributed by atoms with Crippen molar-refractivity contribution in [1.82, 2.24) is 0 Å². The molecule has 0 spiro atoms. The standard InChI is InChI=1S/C17H18O5S/c1-4-21-17(18)14-8-10-15(11-9-14)23(19,20)22-16-7-5-6-12(2)13(16)3/h5-11H,4H2,1-3H3. The van der Waals surface area contributed by atoms with Crippen LogP contribution in [0.3, 0.4) is 0 Å². The van der Waals surface area contributed by atoms with E-state index in [-0.39, 0.29) is 17.1 Å². The van der Waals surface area contributed by atoms with Gasteiger partial charge in [-0.3, -0.25) is 0 Å². The molecule has 0 amide bonds. The SMILES string of the molecule is CCOC(=O)c1ccc(S(=O)(=O)Oc2cccc(C)c2C)cc1. The highest BCUT2D eigenvalue weighted by Crippen LogP contribution is 2.25. The van der Waals surface area contributed by atoms with Crippen molar-refractivity contribution in [2.24, 2.45) is 0 Å². The van der Waals surface area contributed by atoms with Gasteiger partial charge in [-0.1, -0.05) is 12.1 Å². The molecule has 0 bridgehead atoms. The van der Waals surface area contributed by atoms with Crippen LogP contribution in [0.25, 0.3) is 0 Å². The van der Waals surface area contributed by atoms with E-state index in [4.69, 9.17) is 8.92 Å². The smallest absolute Gasteiger partial charge is 0.339 e. The first-order chi connectivity index (χ1) is 10.8. The van der Waals surface area contributed by atoms with Gasteiger partial charge in [0.15, 0.2) is 0 Å². The van der Waals surface area contributed by atoms with Gasteiger partial charge in [0.2, 0.25) is 0 Å². The lowest BCUT2D eigenvalue weighted by Gasteiger charge is -2.11. The van der Waals surface area contributed by atoms with Gasteiger partial charge in [0.05, 0.1) is 12.2 Å². The number of carbonyl (C=O) groups is 1. The quantitative estimate of drug-likeness (QED) is 0.620.